The lowest BCUT2D eigenvalue weighted by Gasteiger charge is -2.05. The molecule has 5 heteroatoms. The maximum absolute atomic E-state index is 8.91. The third-order valence-corrected chi connectivity index (χ3v) is 3.33. The second-order valence-corrected chi connectivity index (χ2v) is 4.34. The zero-order valence-corrected chi connectivity index (χ0v) is 9.81. The second kappa shape index (κ2) is 5.32. The molecule has 2 heterocycles. The van der Waals surface area contributed by atoms with Gasteiger partial charge in [-0.2, -0.15) is 5.26 Å². The van der Waals surface area contributed by atoms with Crippen LogP contribution in [0.15, 0.2) is 41.7 Å². The molecule has 0 unspecified atom stereocenters. The zero-order valence-electron chi connectivity index (χ0n) is 9.00. The number of hydrogen-bond donors (Lipinski definition) is 1. The molecule has 2 aromatic heterocycles. The highest BCUT2D eigenvalue weighted by Crippen LogP contribution is 2.27. The van der Waals surface area contributed by atoms with Gasteiger partial charge in [-0.15, -0.1) is 11.8 Å². The molecule has 2 aromatic rings. The number of anilines is 1. The lowest BCUT2D eigenvalue weighted by molar-refractivity contribution is 1.19. The molecule has 2 N–H and O–H groups in total. The zero-order chi connectivity index (χ0) is 12.1. The van der Waals surface area contributed by atoms with Gasteiger partial charge in [-0.1, -0.05) is 6.07 Å². The van der Waals surface area contributed by atoms with Gasteiger partial charge < -0.3 is 5.73 Å². The van der Waals surface area contributed by atoms with Crippen LogP contribution in [0.4, 0.5) is 5.69 Å². The van der Waals surface area contributed by atoms with Crippen molar-refractivity contribution in [3.05, 3.63) is 48.0 Å². The van der Waals surface area contributed by atoms with Crippen LogP contribution in [-0.2, 0) is 5.75 Å². The summed E-state index contributed by atoms with van der Waals surface area (Å²) in [6, 6.07) is 7.67. The van der Waals surface area contributed by atoms with Crippen LogP contribution in [0.2, 0.25) is 0 Å². The standard InChI is InChI=1S/C12H10N4S/c13-6-11-9(2-1-4-16-11)8-17-12-3-5-15-7-10(12)14/h1-5,7H,8,14H2. The van der Waals surface area contributed by atoms with Crippen LogP contribution in [0.3, 0.4) is 0 Å². The van der Waals surface area contributed by atoms with Crippen molar-refractivity contribution in [3.8, 4) is 6.07 Å². The van der Waals surface area contributed by atoms with Gasteiger partial charge in [0.05, 0.1) is 11.9 Å². The number of nitrogens with two attached hydrogens (primary N) is 1. The van der Waals surface area contributed by atoms with E-state index in [2.05, 4.69) is 16.0 Å². The first kappa shape index (κ1) is 11.4. The molecule has 0 saturated heterocycles. The van der Waals surface area contributed by atoms with Gasteiger partial charge in [0.1, 0.15) is 11.8 Å². The number of thioether (sulfide) groups is 1. The number of pyridine rings is 2. The van der Waals surface area contributed by atoms with Gasteiger partial charge in [0.2, 0.25) is 0 Å². The van der Waals surface area contributed by atoms with Crippen molar-refractivity contribution in [2.45, 2.75) is 10.6 Å². The molecule has 4 nitrogen and oxygen atoms in total. The Hall–Kier alpha value is -2.06. The molecule has 0 amide bonds. The number of nitrogen functional groups attached to an aromatic ring is 1. The average Bonchev–Trinajstić information content (AvgIpc) is 2.38. The van der Waals surface area contributed by atoms with Gasteiger partial charge in [0.25, 0.3) is 0 Å². The number of hydrogen-bond acceptors (Lipinski definition) is 5. The van der Waals surface area contributed by atoms with Crippen molar-refractivity contribution in [1.29, 1.82) is 5.26 Å². The van der Waals surface area contributed by atoms with E-state index in [4.69, 9.17) is 11.0 Å². The fraction of sp³-hybridized carbons (Fsp3) is 0.0833. The Morgan fingerprint density at radius 3 is 3.00 bits per heavy atom. The molecule has 0 aliphatic rings. The van der Waals surface area contributed by atoms with Gasteiger partial charge >= 0.3 is 0 Å². The van der Waals surface area contributed by atoms with E-state index in [1.807, 2.05) is 18.2 Å². The van der Waals surface area contributed by atoms with E-state index in [-0.39, 0.29) is 0 Å². The minimum absolute atomic E-state index is 0.465. The van der Waals surface area contributed by atoms with Gasteiger partial charge in [-0.05, 0) is 17.7 Å². The summed E-state index contributed by atoms with van der Waals surface area (Å²) >= 11 is 1.57. The summed E-state index contributed by atoms with van der Waals surface area (Å²) in [7, 11) is 0. The topological polar surface area (TPSA) is 75.6 Å². The van der Waals surface area contributed by atoms with Crippen LogP contribution in [0, 0.1) is 11.3 Å². The van der Waals surface area contributed by atoms with Gasteiger partial charge in [-0.25, -0.2) is 4.98 Å². The lowest BCUT2D eigenvalue weighted by atomic mass is 10.2. The summed E-state index contributed by atoms with van der Waals surface area (Å²) in [4.78, 5) is 8.91. The Morgan fingerprint density at radius 1 is 1.35 bits per heavy atom. The number of rotatable bonds is 3. The third kappa shape index (κ3) is 2.74. The Morgan fingerprint density at radius 2 is 2.24 bits per heavy atom. The van der Waals surface area contributed by atoms with Crippen molar-refractivity contribution in [1.82, 2.24) is 9.97 Å². The lowest BCUT2D eigenvalue weighted by Crippen LogP contribution is -1.93. The van der Waals surface area contributed by atoms with Gasteiger partial charge in [0.15, 0.2) is 0 Å². The van der Waals surface area contributed by atoms with Crippen molar-refractivity contribution in [3.63, 3.8) is 0 Å². The number of aromatic nitrogens is 2. The molecule has 0 bridgehead atoms. The normalized spacial score (nSPS) is 9.82. The van der Waals surface area contributed by atoms with Crippen molar-refractivity contribution < 1.29 is 0 Å². The van der Waals surface area contributed by atoms with E-state index in [9.17, 15) is 0 Å². The first-order valence-electron chi connectivity index (χ1n) is 4.97. The predicted octanol–water partition coefficient (Wildman–Crippen LogP) is 2.22. The predicted molar refractivity (Wildman–Crippen MR) is 67.2 cm³/mol. The van der Waals surface area contributed by atoms with Crippen molar-refractivity contribution >= 4 is 17.4 Å². The quantitative estimate of drug-likeness (QED) is 0.835. The molecule has 0 aromatic carbocycles. The molecular weight excluding hydrogens is 232 g/mol. The number of nitrogens with zero attached hydrogens (tertiary/aromatic N) is 3. The fourth-order valence-corrected chi connectivity index (χ4v) is 2.26. The minimum Gasteiger partial charge on any atom is -0.397 e. The van der Waals surface area contributed by atoms with Crippen LogP contribution in [0.1, 0.15) is 11.3 Å². The first-order chi connectivity index (χ1) is 8.31. The number of nitriles is 1. The summed E-state index contributed by atoms with van der Waals surface area (Å²) in [6.07, 6.45) is 4.94. The summed E-state index contributed by atoms with van der Waals surface area (Å²) in [5.41, 5.74) is 7.82. The maximum atomic E-state index is 8.91. The molecule has 0 aliphatic carbocycles. The van der Waals surface area contributed by atoms with E-state index in [0.717, 1.165) is 10.5 Å². The summed E-state index contributed by atoms with van der Waals surface area (Å²) in [6.45, 7) is 0. The van der Waals surface area contributed by atoms with E-state index in [1.54, 1.807) is 30.4 Å². The molecule has 0 saturated carbocycles. The van der Waals surface area contributed by atoms with Crippen LogP contribution < -0.4 is 5.73 Å². The molecule has 17 heavy (non-hydrogen) atoms. The SMILES string of the molecule is N#Cc1ncccc1CSc1ccncc1N. The molecule has 0 aliphatic heterocycles. The van der Waals surface area contributed by atoms with E-state index in [0.29, 0.717) is 17.1 Å². The summed E-state index contributed by atoms with van der Waals surface area (Å²) < 4.78 is 0. The maximum Gasteiger partial charge on any atom is 0.144 e. The first-order valence-corrected chi connectivity index (χ1v) is 5.96. The largest absolute Gasteiger partial charge is 0.397 e. The van der Waals surface area contributed by atoms with Crippen molar-refractivity contribution in [2.24, 2.45) is 0 Å². The van der Waals surface area contributed by atoms with Crippen LogP contribution >= 0.6 is 11.8 Å². The smallest absolute Gasteiger partial charge is 0.144 e. The molecule has 0 spiro atoms. The second-order valence-electron chi connectivity index (χ2n) is 3.33. The Labute approximate surface area is 104 Å². The van der Waals surface area contributed by atoms with Crippen LogP contribution in [0.5, 0.6) is 0 Å². The summed E-state index contributed by atoms with van der Waals surface area (Å²) in [5, 5.41) is 8.91. The monoisotopic (exact) mass is 242 g/mol. The van der Waals surface area contributed by atoms with Gasteiger partial charge in [0, 0.05) is 23.0 Å². The Bertz CT molecular complexity index is 562. The molecule has 0 radical (unpaired) electrons. The highest BCUT2D eigenvalue weighted by molar-refractivity contribution is 7.98. The van der Waals surface area contributed by atoms with E-state index < -0.39 is 0 Å². The Kier molecular flexibility index (Phi) is 3.58. The van der Waals surface area contributed by atoms with Crippen molar-refractivity contribution in [2.75, 3.05) is 5.73 Å². The third-order valence-electron chi connectivity index (χ3n) is 2.19. The van der Waals surface area contributed by atoms with Crippen LogP contribution in [-0.4, -0.2) is 9.97 Å². The molecule has 84 valence electrons. The summed E-state index contributed by atoms with van der Waals surface area (Å²) in [5.74, 6) is 0.672. The highest BCUT2D eigenvalue weighted by atomic mass is 32.2. The fourth-order valence-electron chi connectivity index (χ4n) is 1.34. The van der Waals surface area contributed by atoms with E-state index >= 15 is 0 Å². The highest BCUT2D eigenvalue weighted by Gasteiger charge is 2.04. The average molecular weight is 242 g/mol. The molecule has 2 rings (SSSR count). The van der Waals surface area contributed by atoms with Crippen LogP contribution in [0.25, 0.3) is 0 Å². The van der Waals surface area contributed by atoms with Gasteiger partial charge in [-0.3, -0.25) is 4.98 Å². The van der Waals surface area contributed by atoms with E-state index in [1.165, 1.54) is 0 Å². The minimum atomic E-state index is 0.465. The Balaban J connectivity index is 2.13. The molecule has 0 atom stereocenters. The molecule has 0 fully saturated rings. The molecular formula is C12H10N4S.